The second kappa shape index (κ2) is 7.13. The summed E-state index contributed by atoms with van der Waals surface area (Å²) in [6, 6.07) is 19.5. The van der Waals surface area contributed by atoms with Gasteiger partial charge in [-0.15, -0.1) is 12.4 Å². The fraction of sp³-hybridized carbons (Fsp3) is 0.300. The Balaban J connectivity index is 0.00000176. The fourth-order valence-electron chi connectivity index (χ4n) is 3.11. The zero-order valence-corrected chi connectivity index (χ0v) is 14.1. The third-order valence-electron chi connectivity index (χ3n) is 4.24. The second-order valence-corrected chi connectivity index (χ2v) is 6.31. The molecule has 116 valence electrons. The van der Waals surface area contributed by atoms with Crippen molar-refractivity contribution in [2.75, 3.05) is 0 Å². The van der Waals surface area contributed by atoms with E-state index in [4.69, 9.17) is 5.73 Å². The summed E-state index contributed by atoms with van der Waals surface area (Å²) in [7, 11) is 0. The SMILES string of the molecule is CC(C)CC[C@@H](N)c1c2ccccc2cc2ccccc12.Cl. The van der Waals surface area contributed by atoms with Crippen molar-refractivity contribution in [3.63, 3.8) is 0 Å². The Bertz CT molecular complexity index is 710. The van der Waals surface area contributed by atoms with E-state index < -0.39 is 0 Å². The molecule has 22 heavy (non-hydrogen) atoms. The normalized spacial score (nSPS) is 12.5. The van der Waals surface area contributed by atoms with Gasteiger partial charge in [0.05, 0.1) is 0 Å². The van der Waals surface area contributed by atoms with Crippen molar-refractivity contribution < 1.29 is 0 Å². The van der Waals surface area contributed by atoms with E-state index >= 15 is 0 Å². The molecule has 0 fully saturated rings. The molecule has 3 aromatic rings. The van der Waals surface area contributed by atoms with Crippen molar-refractivity contribution >= 4 is 34.0 Å². The predicted octanol–water partition coefficient (Wildman–Crippen LogP) is 5.85. The minimum Gasteiger partial charge on any atom is -0.324 e. The van der Waals surface area contributed by atoms with Crippen LogP contribution in [0.25, 0.3) is 21.5 Å². The lowest BCUT2D eigenvalue weighted by Gasteiger charge is -2.19. The van der Waals surface area contributed by atoms with Gasteiger partial charge in [0.25, 0.3) is 0 Å². The summed E-state index contributed by atoms with van der Waals surface area (Å²) < 4.78 is 0. The van der Waals surface area contributed by atoms with Gasteiger partial charge in [0, 0.05) is 6.04 Å². The molecular formula is C20H24ClN. The lowest BCUT2D eigenvalue weighted by Crippen LogP contribution is -2.12. The van der Waals surface area contributed by atoms with Crippen LogP contribution in [0.3, 0.4) is 0 Å². The quantitative estimate of drug-likeness (QED) is 0.601. The van der Waals surface area contributed by atoms with E-state index in [2.05, 4.69) is 68.4 Å². The van der Waals surface area contributed by atoms with Crippen molar-refractivity contribution in [3.05, 3.63) is 60.2 Å². The molecule has 0 heterocycles. The van der Waals surface area contributed by atoms with Gasteiger partial charge >= 0.3 is 0 Å². The average Bonchev–Trinajstić information content (AvgIpc) is 2.50. The highest BCUT2D eigenvalue weighted by Crippen LogP contribution is 2.33. The van der Waals surface area contributed by atoms with Crippen LogP contribution >= 0.6 is 12.4 Å². The Morgan fingerprint density at radius 1 is 0.818 bits per heavy atom. The highest BCUT2D eigenvalue weighted by molar-refractivity contribution is 6.02. The monoisotopic (exact) mass is 313 g/mol. The number of fused-ring (bicyclic) bond motifs is 2. The van der Waals surface area contributed by atoms with E-state index in [9.17, 15) is 0 Å². The van der Waals surface area contributed by atoms with Gasteiger partial charge in [0.2, 0.25) is 0 Å². The Kier molecular flexibility index (Phi) is 5.44. The van der Waals surface area contributed by atoms with Gasteiger partial charge in [0.1, 0.15) is 0 Å². The summed E-state index contributed by atoms with van der Waals surface area (Å²) in [5, 5.41) is 5.16. The average molecular weight is 314 g/mol. The molecule has 0 spiro atoms. The first-order valence-electron chi connectivity index (χ1n) is 7.83. The van der Waals surface area contributed by atoms with Crippen LogP contribution in [-0.4, -0.2) is 0 Å². The summed E-state index contributed by atoms with van der Waals surface area (Å²) in [5.74, 6) is 0.692. The zero-order valence-electron chi connectivity index (χ0n) is 13.3. The first kappa shape index (κ1) is 16.8. The summed E-state index contributed by atoms with van der Waals surface area (Å²) in [6.45, 7) is 4.52. The standard InChI is InChI=1S/C20H23N.ClH/c1-14(2)11-12-19(21)20-17-9-5-3-7-15(17)13-16-8-4-6-10-18(16)20;/h3-10,13-14,19H,11-12,21H2,1-2H3;1H/t19-;/m1./s1. The summed E-state index contributed by atoms with van der Waals surface area (Å²) in [6.07, 6.45) is 2.20. The van der Waals surface area contributed by atoms with Crippen LogP contribution in [0.5, 0.6) is 0 Å². The van der Waals surface area contributed by atoms with Gasteiger partial charge in [-0.25, -0.2) is 0 Å². The van der Waals surface area contributed by atoms with Crippen LogP contribution in [0, 0.1) is 5.92 Å². The molecule has 0 saturated heterocycles. The number of hydrogen-bond acceptors (Lipinski definition) is 1. The number of halogens is 1. The van der Waals surface area contributed by atoms with E-state index in [1.807, 2.05) is 0 Å². The van der Waals surface area contributed by atoms with Crippen LogP contribution in [0.4, 0.5) is 0 Å². The smallest absolute Gasteiger partial charge is 0.0307 e. The van der Waals surface area contributed by atoms with Gasteiger partial charge < -0.3 is 5.73 Å². The molecule has 3 aromatic carbocycles. The molecule has 0 bridgehead atoms. The second-order valence-electron chi connectivity index (χ2n) is 6.31. The molecule has 0 unspecified atom stereocenters. The molecule has 0 saturated carbocycles. The van der Waals surface area contributed by atoms with Crippen molar-refractivity contribution in [1.82, 2.24) is 0 Å². The van der Waals surface area contributed by atoms with Crippen LogP contribution < -0.4 is 5.73 Å². The maximum atomic E-state index is 6.58. The van der Waals surface area contributed by atoms with Gasteiger partial charge in [-0.1, -0.05) is 62.4 Å². The third kappa shape index (κ3) is 3.26. The topological polar surface area (TPSA) is 26.0 Å². The molecule has 3 rings (SSSR count). The van der Waals surface area contributed by atoms with E-state index in [-0.39, 0.29) is 18.4 Å². The molecule has 1 atom stereocenters. The Morgan fingerprint density at radius 3 is 1.82 bits per heavy atom. The van der Waals surface area contributed by atoms with Crippen molar-refractivity contribution in [3.8, 4) is 0 Å². The Hall–Kier alpha value is -1.57. The minimum absolute atomic E-state index is 0. The predicted molar refractivity (Wildman–Crippen MR) is 99.7 cm³/mol. The minimum atomic E-state index is 0. The Morgan fingerprint density at radius 2 is 1.32 bits per heavy atom. The number of nitrogens with two attached hydrogens (primary N) is 1. The molecular weight excluding hydrogens is 290 g/mol. The molecule has 0 radical (unpaired) electrons. The van der Waals surface area contributed by atoms with Gasteiger partial charge in [-0.2, -0.15) is 0 Å². The lowest BCUT2D eigenvalue weighted by molar-refractivity contribution is 0.510. The van der Waals surface area contributed by atoms with Crippen LogP contribution in [0.1, 0.15) is 38.3 Å². The molecule has 1 nitrogen and oxygen atoms in total. The number of rotatable bonds is 4. The van der Waals surface area contributed by atoms with Crippen LogP contribution in [-0.2, 0) is 0 Å². The molecule has 0 aliphatic carbocycles. The molecule has 2 heteroatoms. The van der Waals surface area contributed by atoms with E-state index in [1.165, 1.54) is 33.5 Å². The lowest BCUT2D eigenvalue weighted by atomic mass is 9.89. The molecule has 2 N–H and O–H groups in total. The fourth-order valence-corrected chi connectivity index (χ4v) is 3.11. The highest BCUT2D eigenvalue weighted by atomic mass is 35.5. The molecule has 0 amide bonds. The molecule has 0 aliphatic heterocycles. The highest BCUT2D eigenvalue weighted by Gasteiger charge is 2.14. The summed E-state index contributed by atoms with van der Waals surface area (Å²) in [4.78, 5) is 0. The van der Waals surface area contributed by atoms with E-state index in [0.29, 0.717) is 5.92 Å². The van der Waals surface area contributed by atoms with Gasteiger partial charge in [-0.3, -0.25) is 0 Å². The number of benzene rings is 3. The van der Waals surface area contributed by atoms with Gasteiger partial charge in [-0.05, 0) is 51.9 Å². The largest absolute Gasteiger partial charge is 0.324 e. The maximum absolute atomic E-state index is 6.58. The van der Waals surface area contributed by atoms with Crippen molar-refractivity contribution in [1.29, 1.82) is 0 Å². The van der Waals surface area contributed by atoms with Crippen molar-refractivity contribution in [2.45, 2.75) is 32.7 Å². The first-order chi connectivity index (χ1) is 10.2. The van der Waals surface area contributed by atoms with Crippen LogP contribution in [0.2, 0.25) is 0 Å². The third-order valence-corrected chi connectivity index (χ3v) is 4.24. The van der Waals surface area contributed by atoms with Crippen LogP contribution in [0.15, 0.2) is 54.6 Å². The maximum Gasteiger partial charge on any atom is 0.0307 e. The summed E-state index contributed by atoms with van der Waals surface area (Å²) >= 11 is 0. The Labute approximate surface area is 138 Å². The van der Waals surface area contributed by atoms with Gasteiger partial charge in [0.15, 0.2) is 0 Å². The summed E-state index contributed by atoms with van der Waals surface area (Å²) in [5.41, 5.74) is 7.89. The number of hydrogen-bond donors (Lipinski definition) is 1. The van der Waals surface area contributed by atoms with E-state index in [1.54, 1.807) is 0 Å². The van der Waals surface area contributed by atoms with Crippen molar-refractivity contribution in [2.24, 2.45) is 11.7 Å². The van der Waals surface area contributed by atoms with E-state index in [0.717, 1.165) is 6.42 Å². The molecule has 0 aliphatic rings. The molecule has 0 aromatic heterocycles. The first-order valence-corrected chi connectivity index (χ1v) is 7.83. The zero-order chi connectivity index (χ0) is 14.8.